The summed E-state index contributed by atoms with van der Waals surface area (Å²) in [6.07, 6.45) is 6.03. The first-order chi connectivity index (χ1) is 11.0. The molecule has 2 nitrogen and oxygen atoms in total. The second kappa shape index (κ2) is 7.25. The molecule has 132 valence electrons. The number of halogens is 3. The van der Waals surface area contributed by atoms with Gasteiger partial charge in [-0.15, -0.1) is 11.6 Å². The average molecular weight is 347 g/mol. The molecule has 3 rings (SSSR count). The fourth-order valence-corrected chi connectivity index (χ4v) is 5.12. The Hall–Kier alpha value is -0.380. The van der Waals surface area contributed by atoms with Gasteiger partial charge in [0.15, 0.2) is 5.84 Å². The van der Waals surface area contributed by atoms with Gasteiger partial charge in [0.05, 0.1) is 12.1 Å². The zero-order chi connectivity index (χ0) is 16.6. The van der Waals surface area contributed by atoms with Crippen molar-refractivity contribution >= 4 is 17.4 Å². The quantitative estimate of drug-likeness (QED) is 0.647. The molecule has 5 heteroatoms. The summed E-state index contributed by atoms with van der Waals surface area (Å²) in [7, 11) is 0. The van der Waals surface area contributed by atoms with Crippen LogP contribution in [0.15, 0.2) is 4.99 Å². The van der Waals surface area contributed by atoms with Gasteiger partial charge in [-0.2, -0.15) is 0 Å². The smallest absolute Gasteiger partial charge is 0.294 e. The molecule has 0 spiro atoms. The van der Waals surface area contributed by atoms with Gasteiger partial charge >= 0.3 is 0 Å². The zero-order valence-corrected chi connectivity index (χ0v) is 15.0. The van der Waals surface area contributed by atoms with Crippen LogP contribution in [-0.2, 0) is 0 Å². The molecule has 1 aliphatic heterocycles. The maximum Gasteiger partial charge on any atom is 0.294 e. The zero-order valence-electron chi connectivity index (χ0n) is 14.2. The lowest BCUT2D eigenvalue weighted by atomic mass is 9.81. The third kappa shape index (κ3) is 3.83. The molecule has 3 aliphatic rings. The summed E-state index contributed by atoms with van der Waals surface area (Å²) < 4.78 is 27.1. The highest BCUT2D eigenvalue weighted by Crippen LogP contribution is 2.38. The van der Waals surface area contributed by atoms with Gasteiger partial charge in [-0.05, 0) is 70.1 Å². The second-order valence-electron chi connectivity index (χ2n) is 7.95. The standard InChI is InChI=1S/C18H29ClF2N2/c1-11-3-8-15-16(9-11)23(18(22-15)17(20)21)12(2)10-13-4-6-14(19)7-5-13/h11-17H,3-10H2,1-2H3. The van der Waals surface area contributed by atoms with E-state index in [9.17, 15) is 8.78 Å². The van der Waals surface area contributed by atoms with Crippen LogP contribution >= 0.6 is 11.6 Å². The van der Waals surface area contributed by atoms with E-state index >= 15 is 0 Å². The number of fused-ring (bicyclic) bond motifs is 1. The number of hydrogen-bond acceptors (Lipinski definition) is 2. The molecule has 0 saturated heterocycles. The number of rotatable bonds is 4. The van der Waals surface area contributed by atoms with Crippen LogP contribution in [0, 0.1) is 11.8 Å². The minimum atomic E-state index is -2.45. The number of nitrogens with zero attached hydrogens (tertiary/aromatic N) is 2. The van der Waals surface area contributed by atoms with E-state index in [0.29, 0.717) is 17.2 Å². The van der Waals surface area contributed by atoms with E-state index in [-0.39, 0.29) is 24.0 Å². The fraction of sp³-hybridized carbons (Fsp3) is 0.944. The maximum atomic E-state index is 13.5. The molecule has 1 heterocycles. The largest absolute Gasteiger partial charge is 0.348 e. The van der Waals surface area contributed by atoms with Crippen LogP contribution < -0.4 is 0 Å². The van der Waals surface area contributed by atoms with Gasteiger partial charge in [0.2, 0.25) is 0 Å². The van der Waals surface area contributed by atoms with Gasteiger partial charge in [0.1, 0.15) is 0 Å². The van der Waals surface area contributed by atoms with E-state index in [2.05, 4.69) is 18.8 Å². The van der Waals surface area contributed by atoms with Crippen LogP contribution in [-0.4, -0.2) is 40.7 Å². The molecule has 23 heavy (non-hydrogen) atoms. The highest BCUT2D eigenvalue weighted by Gasteiger charge is 2.44. The van der Waals surface area contributed by atoms with Gasteiger partial charge in [-0.1, -0.05) is 6.92 Å². The Morgan fingerprint density at radius 3 is 2.52 bits per heavy atom. The molecule has 0 bridgehead atoms. The van der Waals surface area contributed by atoms with Crippen LogP contribution in [0.25, 0.3) is 0 Å². The Morgan fingerprint density at radius 1 is 1.17 bits per heavy atom. The van der Waals surface area contributed by atoms with Crippen molar-refractivity contribution in [2.75, 3.05) is 0 Å². The SMILES string of the molecule is CC1CCC2N=C(C(F)F)N(C(C)CC3CCC(Cl)CC3)C2C1. The predicted molar refractivity (Wildman–Crippen MR) is 91.5 cm³/mol. The highest BCUT2D eigenvalue weighted by atomic mass is 35.5. The van der Waals surface area contributed by atoms with Crippen molar-refractivity contribution in [2.45, 2.75) is 95.1 Å². The Morgan fingerprint density at radius 2 is 1.87 bits per heavy atom. The Kier molecular flexibility index (Phi) is 5.49. The summed E-state index contributed by atoms with van der Waals surface area (Å²) in [5, 5.41) is 0.315. The summed E-state index contributed by atoms with van der Waals surface area (Å²) in [4.78, 5) is 6.42. The summed E-state index contributed by atoms with van der Waals surface area (Å²) in [5.41, 5.74) is 0. The predicted octanol–water partition coefficient (Wildman–Crippen LogP) is 5.10. The van der Waals surface area contributed by atoms with E-state index in [1.807, 2.05) is 4.90 Å². The first-order valence-corrected chi connectivity index (χ1v) is 9.67. The number of hydrogen-bond donors (Lipinski definition) is 0. The summed E-state index contributed by atoms with van der Waals surface area (Å²) in [5.74, 6) is 1.30. The van der Waals surface area contributed by atoms with E-state index in [1.54, 1.807) is 0 Å². The van der Waals surface area contributed by atoms with Crippen LogP contribution in [0.4, 0.5) is 8.78 Å². The number of amidine groups is 1. The van der Waals surface area contributed by atoms with Crippen molar-refractivity contribution in [3.63, 3.8) is 0 Å². The minimum absolute atomic E-state index is 0.0626. The number of aliphatic imine (C=N–C) groups is 1. The van der Waals surface area contributed by atoms with E-state index in [1.165, 1.54) is 0 Å². The Bertz CT molecular complexity index is 435. The molecular weight excluding hydrogens is 318 g/mol. The van der Waals surface area contributed by atoms with Gasteiger partial charge in [-0.3, -0.25) is 4.99 Å². The first-order valence-electron chi connectivity index (χ1n) is 9.24. The molecule has 0 aromatic rings. The monoisotopic (exact) mass is 346 g/mol. The molecule has 4 unspecified atom stereocenters. The normalized spacial score (nSPS) is 39.3. The molecule has 2 saturated carbocycles. The van der Waals surface area contributed by atoms with Crippen LogP contribution in [0.3, 0.4) is 0 Å². The summed E-state index contributed by atoms with van der Waals surface area (Å²) in [6.45, 7) is 4.35. The first kappa shape index (κ1) is 17.4. The molecule has 0 aromatic heterocycles. The lowest BCUT2D eigenvalue weighted by molar-refractivity contribution is 0.130. The van der Waals surface area contributed by atoms with Crippen LogP contribution in [0.1, 0.15) is 65.2 Å². The molecule has 0 radical (unpaired) electrons. The Labute approximate surface area is 143 Å². The lowest BCUT2D eigenvalue weighted by Crippen LogP contribution is -2.49. The summed E-state index contributed by atoms with van der Waals surface area (Å²) >= 11 is 6.19. The second-order valence-corrected chi connectivity index (χ2v) is 8.57. The Balaban J connectivity index is 1.68. The third-order valence-corrected chi connectivity index (χ3v) is 6.52. The van der Waals surface area contributed by atoms with Gasteiger partial charge in [0, 0.05) is 11.4 Å². The van der Waals surface area contributed by atoms with Crippen molar-refractivity contribution in [3.05, 3.63) is 0 Å². The van der Waals surface area contributed by atoms with Gasteiger partial charge in [0.25, 0.3) is 6.43 Å². The molecular formula is C18H29ClF2N2. The van der Waals surface area contributed by atoms with E-state index in [4.69, 9.17) is 11.6 Å². The fourth-order valence-electron chi connectivity index (χ4n) is 4.87. The maximum absolute atomic E-state index is 13.5. The van der Waals surface area contributed by atoms with Crippen LogP contribution in [0.2, 0.25) is 0 Å². The highest BCUT2D eigenvalue weighted by molar-refractivity contribution is 6.20. The molecule has 0 amide bonds. The van der Waals surface area contributed by atoms with Crippen molar-refractivity contribution in [3.8, 4) is 0 Å². The molecule has 2 aliphatic carbocycles. The van der Waals surface area contributed by atoms with Crippen LogP contribution in [0.5, 0.6) is 0 Å². The number of alkyl halides is 3. The van der Waals surface area contributed by atoms with Gasteiger partial charge < -0.3 is 4.90 Å². The van der Waals surface area contributed by atoms with E-state index < -0.39 is 6.43 Å². The van der Waals surface area contributed by atoms with E-state index in [0.717, 1.165) is 51.4 Å². The molecule has 4 atom stereocenters. The van der Waals surface area contributed by atoms with Crippen molar-refractivity contribution in [1.82, 2.24) is 4.90 Å². The van der Waals surface area contributed by atoms with Crippen molar-refractivity contribution in [1.29, 1.82) is 0 Å². The molecule has 0 aromatic carbocycles. The minimum Gasteiger partial charge on any atom is -0.348 e. The van der Waals surface area contributed by atoms with Gasteiger partial charge in [-0.25, -0.2) is 8.78 Å². The lowest BCUT2D eigenvalue weighted by Gasteiger charge is -2.40. The van der Waals surface area contributed by atoms with Crippen molar-refractivity contribution in [2.24, 2.45) is 16.8 Å². The summed E-state index contributed by atoms with van der Waals surface area (Å²) in [6, 6.07) is 0.443. The average Bonchev–Trinajstić information content (AvgIpc) is 2.88. The van der Waals surface area contributed by atoms with Crippen molar-refractivity contribution < 1.29 is 8.78 Å². The third-order valence-electron chi connectivity index (χ3n) is 6.08. The topological polar surface area (TPSA) is 15.6 Å². The molecule has 2 fully saturated rings. The molecule has 0 N–H and O–H groups in total.